The van der Waals surface area contributed by atoms with Gasteiger partial charge in [-0.2, -0.15) is 5.26 Å². The van der Waals surface area contributed by atoms with Crippen molar-refractivity contribution in [2.24, 2.45) is 0 Å². The fourth-order valence-electron chi connectivity index (χ4n) is 1.64. The van der Waals surface area contributed by atoms with E-state index in [0.717, 1.165) is 6.07 Å². The van der Waals surface area contributed by atoms with Gasteiger partial charge in [0.15, 0.2) is 0 Å². The van der Waals surface area contributed by atoms with Crippen molar-refractivity contribution < 1.29 is 8.78 Å². The van der Waals surface area contributed by atoms with E-state index in [0.29, 0.717) is 5.56 Å². The zero-order valence-electron chi connectivity index (χ0n) is 9.75. The van der Waals surface area contributed by atoms with E-state index in [1.54, 1.807) is 6.07 Å². The van der Waals surface area contributed by atoms with Crippen molar-refractivity contribution in [3.05, 3.63) is 64.2 Å². The molecule has 5 heteroatoms. The van der Waals surface area contributed by atoms with Crippen LogP contribution in [0.3, 0.4) is 0 Å². The van der Waals surface area contributed by atoms with Gasteiger partial charge in [0.1, 0.15) is 11.6 Å². The first-order valence-corrected chi connectivity index (χ1v) is 5.85. The Morgan fingerprint density at radius 2 is 1.95 bits per heavy atom. The van der Waals surface area contributed by atoms with Crippen LogP contribution in [-0.4, -0.2) is 0 Å². The Morgan fingerprint density at radius 3 is 2.58 bits per heavy atom. The fraction of sp³-hybridized carbons (Fsp3) is 0.0714. The van der Waals surface area contributed by atoms with Gasteiger partial charge in [0, 0.05) is 11.6 Å². The van der Waals surface area contributed by atoms with Crippen molar-refractivity contribution in [1.82, 2.24) is 0 Å². The first-order valence-electron chi connectivity index (χ1n) is 5.47. The van der Waals surface area contributed by atoms with Gasteiger partial charge in [0.25, 0.3) is 0 Å². The lowest BCUT2D eigenvalue weighted by atomic mass is 10.2. The molecule has 0 aliphatic heterocycles. The van der Waals surface area contributed by atoms with Crippen molar-refractivity contribution >= 4 is 17.3 Å². The first-order chi connectivity index (χ1) is 9.08. The lowest BCUT2D eigenvalue weighted by Crippen LogP contribution is -2.02. The molecule has 0 heterocycles. The Kier molecular flexibility index (Phi) is 3.98. The van der Waals surface area contributed by atoms with E-state index in [1.807, 2.05) is 6.07 Å². The van der Waals surface area contributed by atoms with Gasteiger partial charge in [0.05, 0.1) is 17.3 Å². The molecule has 0 spiro atoms. The van der Waals surface area contributed by atoms with Crippen molar-refractivity contribution in [1.29, 1.82) is 5.26 Å². The predicted molar refractivity (Wildman–Crippen MR) is 69.9 cm³/mol. The summed E-state index contributed by atoms with van der Waals surface area (Å²) in [4.78, 5) is 0. The van der Waals surface area contributed by atoms with Gasteiger partial charge in [-0.15, -0.1) is 0 Å². The molecule has 0 aromatic heterocycles. The molecule has 0 bridgehead atoms. The molecule has 0 aliphatic carbocycles. The van der Waals surface area contributed by atoms with Gasteiger partial charge in [-0.1, -0.05) is 11.6 Å². The lowest BCUT2D eigenvalue weighted by Gasteiger charge is -2.08. The number of rotatable bonds is 3. The topological polar surface area (TPSA) is 35.8 Å². The molecule has 1 N–H and O–H groups in total. The van der Waals surface area contributed by atoms with Gasteiger partial charge in [0.2, 0.25) is 0 Å². The molecule has 96 valence electrons. The first kappa shape index (κ1) is 13.3. The summed E-state index contributed by atoms with van der Waals surface area (Å²) < 4.78 is 26.7. The van der Waals surface area contributed by atoms with Crippen LogP contribution in [0.2, 0.25) is 5.02 Å². The molecule has 0 unspecified atom stereocenters. The maximum Gasteiger partial charge on any atom is 0.147 e. The van der Waals surface area contributed by atoms with Crippen LogP contribution in [0, 0.1) is 23.0 Å². The monoisotopic (exact) mass is 278 g/mol. The third-order valence-electron chi connectivity index (χ3n) is 2.50. The maximum absolute atomic E-state index is 13.6. The molecule has 0 atom stereocenters. The van der Waals surface area contributed by atoms with E-state index in [4.69, 9.17) is 16.9 Å². The summed E-state index contributed by atoms with van der Waals surface area (Å²) in [6.07, 6.45) is 0. The second-order valence-corrected chi connectivity index (χ2v) is 4.37. The highest BCUT2D eigenvalue weighted by molar-refractivity contribution is 6.30. The van der Waals surface area contributed by atoms with Gasteiger partial charge < -0.3 is 5.32 Å². The van der Waals surface area contributed by atoms with E-state index in [9.17, 15) is 8.78 Å². The van der Waals surface area contributed by atoms with Gasteiger partial charge in [-0.05, 0) is 42.0 Å². The molecular formula is C14H9ClF2N2. The van der Waals surface area contributed by atoms with E-state index in [2.05, 4.69) is 5.32 Å². The quantitative estimate of drug-likeness (QED) is 0.917. The normalized spacial score (nSPS) is 10.0. The molecule has 0 saturated heterocycles. The Hall–Kier alpha value is -2.12. The fourth-order valence-corrected chi connectivity index (χ4v) is 1.88. The summed E-state index contributed by atoms with van der Waals surface area (Å²) in [5.41, 5.74) is 1.10. The van der Waals surface area contributed by atoms with Gasteiger partial charge >= 0.3 is 0 Å². The van der Waals surface area contributed by atoms with Crippen molar-refractivity contribution in [3.63, 3.8) is 0 Å². The summed E-state index contributed by atoms with van der Waals surface area (Å²) in [6.45, 7) is 0.236. The highest BCUT2D eigenvalue weighted by Gasteiger charge is 2.04. The van der Waals surface area contributed by atoms with Crippen LogP contribution in [0.15, 0.2) is 36.4 Å². The highest BCUT2D eigenvalue weighted by atomic mass is 35.5. The number of nitrogens with zero attached hydrogens (tertiary/aromatic N) is 1. The zero-order valence-corrected chi connectivity index (χ0v) is 10.5. The second kappa shape index (κ2) is 5.68. The minimum atomic E-state index is -0.526. The van der Waals surface area contributed by atoms with E-state index < -0.39 is 11.6 Å². The summed E-state index contributed by atoms with van der Waals surface area (Å²) in [5.74, 6) is -0.967. The molecule has 0 radical (unpaired) electrons. The lowest BCUT2D eigenvalue weighted by molar-refractivity contribution is 0.625. The number of nitrogens with one attached hydrogen (secondary N) is 1. The minimum absolute atomic E-state index is 0.236. The Bertz CT molecular complexity index is 630. The van der Waals surface area contributed by atoms with Gasteiger partial charge in [-0.25, -0.2) is 8.78 Å². The highest BCUT2D eigenvalue weighted by Crippen LogP contribution is 2.18. The predicted octanol–water partition coefficient (Wildman–Crippen LogP) is 4.10. The van der Waals surface area contributed by atoms with E-state index >= 15 is 0 Å². The summed E-state index contributed by atoms with van der Waals surface area (Å²) in [6, 6.07) is 10.1. The van der Waals surface area contributed by atoms with Crippen molar-refractivity contribution in [2.75, 3.05) is 5.32 Å². The SMILES string of the molecule is N#Cc1ccc(NCc2cc(F)cc(Cl)c2)c(F)c1. The third kappa shape index (κ3) is 3.43. The largest absolute Gasteiger partial charge is 0.379 e. The Balaban J connectivity index is 2.12. The van der Waals surface area contributed by atoms with E-state index in [-0.39, 0.29) is 22.8 Å². The molecule has 19 heavy (non-hydrogen) atoms. The number of benzene rings is 2. The van der Waals surface area contributed by atoms with Crippen LogP contribution in [0.4, 0.5) is 14.5 Å². The van der Waals surface area contributed by atoms with Gasteiger partial charge in [-0.3, -0.25) is 0 Å². The molecule has 2 aromatic rings. The molecule has 2 rings (SSSR count). The van der Waals surface area contributed by atoms with Crippen LogP contribution in [-0.2, 0) is 6.54 Å². The molecule has 0 saturated carbocycles. The molecule has 0 amide bonds. The summed E-state index contributed by atoms with van der Waals surface area (Å²) in [7, 11) is 0. The third-order valence-corrected chi connectivity index (χ3v) is 2.72. The van der Waals surface area contributed by atoms with Crippen LogP contribution >= 0.6 is 11.6 Å². The molecule has 0 fully saturated rings. The molecule has 0 aliphatic rings. The number of halogens is 3. The number of nitriles is 1. The number of anilines is 1. The number of hydrogen-bond acceptors (Lipinski definition) is 2. The van der Waals surface area contributed by atoms with Crippen molar-refractivity contribution in [2.45, 2.75) is 6.54 Å². The molecule has 2 nitrogen and oxygen atoms in total. The summed E-state index contributed by atoms with van der Waals surface area (Å²) >= 11 is 5.72. The smallest absolute Gasteiger partial charge is 0.147 e. The zero-order chi connectivity index (χ0) is 13.8. The molecule has 2 aromatic carbocycles. The Labute approximate surface area is 114 Å². The average molecular weight is 279 g/mol. The standard InChI is InChI=1S/C14H9ClF2N2/c15-11-3-10(4-12(16)6-11)8-19-14-2-1-9(7-18)5-13(14)17/h1-6,19H,8H2. The Morgan fingerprint density at radius 1 is 1.16 bits per heavy atom. The van der Waals surface area contributed by atoms with Crippen LogP contribution in [0.5, 0.6) is 0 Å². The van der Waals surface area contributed by atoms with Crippen LogP contribution < -0.4 is 5.32 Å². The van der Waals surface area contributed by atoms with Crippen LogP contribution in [0.1, 0.15) is 11.1 Å². The summed E-state index contributed by atoms with van der Waals surface area (Å²) in [5, 5.41) is 11.7. The average Bonchev–Trinajstić information content (AvgIpc) is 2.36. The van der Waals surface area contributed by atoms with E-state index in [1.165, 1.54) is 24.3 Å². The maximum atomic E-state index is 13.6. The van der Waals surface area contributed by atoms with Crippen molar-refractivity contribution in [3.8, 4) is 6.07 Å². The minimum Gasteiger partial charge on any atom is -0.379 e. The van der Waals surface area contributed by atoms with Crippen LogP contribution in [0.25, 0.3) is 0 Å². The number of hydrogen-bond donors (Lipinski definition) is 1. The second-order valence-electron chi connectivity index (χ2n) is 3.94. The molecular weight excluding hydrogens is 270 g/mol.